The van der Waals surface area contributed by atoms with E-state index in [9.17, 15) is 20.0 Å². The van der Waals surface area contributed by atoms with Gasteiger partial charge in [-0.3, -0.25) is 14.9 Å². The smallest absolute Gasteiger partial charge is 0.273 e. The normalized spacial score (nSPS) is 11.0. The summed E-state index contributed by atoms with van der Waals surface area (Å²) in [7, 11) is 0. The van der Waals surface area contributed by atoms with E-state index in [1.54, 1.807) is 26.0 Å². The number of non-ortho nitro benzene ring substituents is 1. The predicted octanol–water partition coefficient (Wildman–Crippen LogP) is 3.33. The topological polar surface area (TPSA) is 127 Å². The second-order valence-corrected chi connectivity index (χ2v) is 7.04. The van der Waals surface area contributed by atoms with Crippen LogP contribution >= 0.6 is 0 Å². The molecule has 2 aromatic carbocycles. The summed E-state index contributed by atoms with van der Waals surface area (Å²) in [6.07, 6.45) is 2.53. The number of rotatable bonds is 7. The van der Waals surface area contributed by atoms with Gasteiger partial charge in [-0.2, -0.15) is 0 Å². The molecule has 0 bridgehead atoms. The number of nitro groups is 1. The molecule has 1 heterocycles. The molecule has 3 rings (SSSR count). The van der Waals surface area contributed by atoms with Gasteiger partial charge in [0.2, 0.25) is 5.88 Å². The Morgan fingerprint density at radius 3 is 2.63 bits per heavy atom. The SMILES string of the molecule is CC(C)(O)c1ccc(CNC(=O)c2cncnc2Oc2cccc([N+](=O)[O-])c2)cc1. The second kappa shape index (κ2) is 8.66. The van der Waals surface area contributed by atoms with E-state index in [2.05, 4.69) is 15.3 Å². The maximum atomic E-state index is 12.6. The summed E-state index contributed by atoms with van der Waals surface area (Å²) in [6.45, 7) is 3.64. The molecule has 30 heavy (non-hydrogen) atoms. The molecule has 0 radical (unpaired) electrons. The number of aromatic nitrogens is 2. The lowest BCUT2D eigenvalue weighted by Crippen LogP contribution is -2.24. The molecule has 0 aliphatic carbocycles. The molecule has 154 valence electrons. The van der Waals surface area contributed by atoms with Crippen molar-refractivity contribution in [3.05, 3.63) is 87.9 Å². The highest BCUT2D eigenvalue weighted by Crippen LogP contribution is 2.26. The molecule has 0 saturated heterocycles. The third kappa shape index (κ3) is 5.15. The van der Waals surface area contributed by atoms with Gasteiger partial charge in [0, 0.05) is 18.8 Å². The molecule has 0 aliphatic rings. The van der Waals surface area contributed by atoms with Gasteiger partial charge in [-0.25, -0.2) is 9.97 Å². The summed E-state index contributed by atoms with van der Waals surface area (Å²) in [5.74, 6) is -0.290. The van der Waals surface area contributed by atoms with Crippen LogP contribution in [0, 0.1) is 10.1 Å². The van der Waals surface area contributed by atoms with Crippen LogP contribution in [0.15, 0.2) is 61.1 Å². The fraction of sp³-hybridized carbons (Fsp3) is 0.190. The summed E-state index contributed by atoms with van der Waals surface area (Å²) in [5, 5.41) is 23.7. The Hall–Kier alpha value is -3.85. The van der Waals surface area contributed by atoms with E-state index < -0.39 is 16.4 Å². The van der Waals surface area contributed by atoms with Crippen LogP contribution in [0.2, 0.25) is 0 Å². The predicted molar refractivity (Wildman–Crippen MR) is 108 cm³/mol. The summed E-state index contributed by atoms with van der Waals surface area (Å²) >= 11 is 0. The second-order valence-electron chi connectivity index (χ2n) is 7.04. The molecule has 0 aliphatic heterocycles. The van der Waals surface area contributed by atoms with Gasteiger partial charge in [0.05, 0.1) is 16.6 Å². The molecule has 2 N–H and O–H groups in total. The van der Waals surface area contributed by atoms with Crippen molar-refractivity contribution in [2.24, 2.45) is 0 Å². The molecule has 3 aromatic rings. The van der Waals surface area contributed by atoms with Crippen LogP contribution in [0.5, 0.6) is 11.6 Å². The molecular formula is C21H20N4O5. The first-order chi connectivity index (χ1) is 14.2. The van der Waals surface area contributed by atoms with Gasteiger partial charge < -0.3 is 15.2 Å². The van der Waals surface area contributed by atoms with Gasteiger partial charge >= 0.3 is 0 Å². The fourth-order valence-electron chi connectivity index (χ4n) is 2.64. The van der Waals surface area contributed by atoms with Gasteiger partial charge in [0.15, 0.2) is 0 Å². The number of hydrogen-bond donors (Lipinski definition) is 2. The van der Waals surface area contributed by atoms with E-state index in [0.29, 0.717) is 0 Å². The third-order valence-electron chi connectivity index (χ3n) is 4.28. The van der Waals surface area contributed by atoms with Gasteiger partial charge in [-0.15, -0.1) is 0 Å². The number of ether oxygens (including phenoxy) is 1. The third-order valence-corrected chi connectivity index (χ3v) is 4.28. The highest BCUT2D eigenvalue weighted by Gasteiger charge is 2.17. The number of hydrogen-bond acceptors (Lipinski definition) is 7. The molecule has 0 fully saturated rings. The maximum Gasteiger partial charge on any atom is 0.273 e. The Kier molecular flexibility index (Phi) is 6.03. The average Bonchev–Trinajstić information content (AvgIpc) is 2.72. The first kappa shape index (κ1) is 20.9. The molecule has 9 heteroatoms. The molecule has 0 spiro atoms. The van der Waals surface area contributed by atoms with E-state index in [0.717, 1.165) is 11.1 Å². The summed E-state index contributed by atoms with van der Waals surface area (Å²) in [4.78, 5) is 30.8. The number of nitrogens with zero attached hydrogens (tertiary/aromatic N) is 3. The van der Waals surface area contributed by atoms with E-state index in [-0.39, 0.29) is 29.4 Å². The standard InChI is InChI=1S/C21H20N4O5/c1-21(2,27)15-8-6-14(7-9-15)11-23-19(26)18-12-22-13-24-20(18)30-17-5-3-4-16(10-17)25(28)29/h3-10,12-13,27H,11H2,1-2H3,(H,23,26). The van der Waals surface area contributed by atoms with Gasteiger partial charge in [0.1, 0.15) is 17.6 Å². The molecule has 9 nitrogen and oxygen atoms in total. The maximum absolute atomic E-state index is 12.6. The van der Waals surface area contributed by atoms with E-state index in [4.69, 9.17) is 4.74 Å². The number of nitrogens with one attached hydrogen (secondary N) is 1. The van der Waals surface area contributed by atoms with E-state index in [1.807, 2.05) is 12.1 Å². The monoisotopic (exact) mass is 408 g/mol. The quantitative estimate of drug-likeness (QED) is 0.453. The highest BCUT2D eigenvalue weighted by molar-refractivity contribution is 5.96. The number of aliphatic hydroxyl groups is 1. The Bertz CT molecular complexity index is 1060. The Balaban J connectivity index is 1.71. The van der Waals surface area contributed by atoms with Crippen LogP contribution in [0.25, 0.3) is 0 Å². The molecule has 0 unspecified atom stereocenters. The number of amides is 1. The van der Waals surface area contributed by atoms with Crippen LogP contribution in [-0.2, 0) is 12.1 Å². The molecular weight excluding hydrogens is 388 g/mol. The van der Waals surface area contributed by atoms with Crippen molar-refractivity contribution in [1.82, 2.24) is 15.3 Å². The summed E-state index contributed by atoms with van der Waals surface area (Å²) in [5.41, 5.74) is 0.622. The minimum absolute atomic E-state index is 0.0135. The zero-order valence-corrected chi connectivity index (χ0v) is 16.4. The lowest BCUT2D eigenvalue weighted by molar-refractivity contribution is -0.384. The highest BCUT2D eigenvalue weighted by atomic mass is 16.6. The van der Waals surface area contributed by atoms with Crippen LogP contribution in [-0.4, -0.2) is 25.9 Å². The number of carbonyl (C=O) groups excluding carboxylic acids is 1. The van der Waals surface area contributed by atoms with Crippen molar-refractivity contribution in [3.63, 3.8) is 0 Å². The van der Waals surface area contributed by atoms with Crippen LogP contribution < -0.4 is 10.1 Å². The van der Waals surface area contributed by atoms with Crippen molar-refractivity contribution >= 4 is 11.6 Å². The van der Waals surface area contributed by atoms with Crippen LogP contribution in [0.4, 0.5) is 5.69 Å². The zero-order chi connectivity index (χ0) is 21.7. The largest absolute Gasteiger partial charge is 0.438 e. The first-order valence-corrected chi connectivity index (χ1v) is 9.06. The fourth-order valence-corrected chi connectivity index (χ4v) is 2.64. The Labute approximate surface area is 172 Å². The minimum Gasteiger partial charge on any atom is -0.438 e. The summed E-state index contributed by atoms with van der Waals surface area (Å²) in [6, 6.07) is 12.8. The van der Waals surface area contributed by atoms with Gasteiger partial charge in [-0.1, -0.05) is 30.3 Å². The molecule has 0 saturated carbocycles. The Morgan fingerprint density at radius 2 is 1.97 bits per heavy atom. The minimum atomic E-state index is -0.943. The van der Waals surface area contributed by atoms with Crippen LogP contribution in [0.3, 0.4) is 0 Å². The van der Waals surface area contributed by atoms with Crippen molar-refractivity contribution in [1.29, 1.82) is 0 Å². The van der Waals surface area contributed by atoms with Crippen LogP contribution in [0.1, 0.15) is 35.3 Å². The van der Waals surface area contributed by atoms with E-state index in [1.165, 1.54) is 36.8 Å². The van der Waals surface area contributed by atoms with Gasteiger partial charge in [0.25, 0.3) is 11.6 Å². The van der Waals surface area contributed by atoms with E-state index >= 15 is 0 Å². The molecule has 0 atom stereocenters. The summed E-state index contributed by atoms with van der Waals surface area (Å²) < 4.78 is 5.58. The van der Waals surface area contributed by atoms with Crippen molar-refractivity contribution in [2.45, 2.75) is 26.0 Å². The van der Waals surface area contributed by atoms with Crippen molar-refractivity contribution < 1.29 is 19.6 Å². The Morgan fingerprint density at radius 1 is 1.23 bits per heavy atom. The lowest BCUT2D eigenvalue weighted by Gasteiger charge is -2.18. The molecule has 1 amide bonds. The first-order valence-electron chi connectivity index (χ1n) is 9.06. The average molecular weight is 408 g/mol. The van der Waals surface area contributed by atoms with Gasteiger partial charge in [-0.05, 0) is 31.0 Å². The number of carbonyl (C=O) groups is 1. The zero-order valence-electron chi connectivity index (χ0n) is 16.4. The van der Waals surface area contributed by atoms with Crippen molar-refractivity contribution in [3.8, 4) is 11.6 Å². The lowest BCUT2D eigenvalue weighted by atomic mass is 9.97. The number of benzene rings is 2. The van der Waals surface area contributed by atoms with Crippen molar-refractivity contribution in [2.75, 3.05) is 0 Å². The number of nitro benzene ring substituents is 1. The molecule has 1 aromatic heterocycles.